The largest absolute Gasteiger partial charge is 0.454 e. The SMILES string of the molecule is CCN(CC)c1ccc(CN(Cc2ccc3c(c2)OCO3)S(=O)(=O)/C=C/c2ccccc2)cc1. The Morgan fingerprint density at radius 2 is 1.47 bits per heavy atom. The van der Waals surface area contributed by atoms with Crippen LogP contribution in [0.4, 0.5) is 5.69 Å². The Morgan fingerprint density at radius 1 is 0.824 bits per heavy atom. The van der Waals surface area contributed by atoms with Gasteiger partial charge >= 0.3 is 0 Å². The van der Waals surface area contributed by atoms with E-state index in [-0.39, 0.29) is 19.9 Å². The van der Waals surface area contributed by atoms with Crippen molar-refractivity contribution in [2.24, 2.45) is 0 Å². The molecule has 0 amide bonds. The molecule has 0 aliphatic carbocycles. The van der Waals surface area contributed by atoms with Gasteiger partial charge in [-0.15, -0.1) is 0 Å². The van der Waals surface area contributed by atoms with Crippen LogP contribution in [0.5, 0.6) is 11.5 Å². The lowest BCUT2D eigenvalue weighted by molar-refractivity contribution is 0.174. The van der Waals surface area contributed by atoms with Crippen LogP contribution in [-0.2, 0) is 23.1 Å². The second kappa shape index (κ2) is 10.8. The topological polar surface area (TPSA) is 59.1 Å². The molecule has 3 aromatic carbocycles. The molecule has 0 aromatic heterocycles. The van der Waals surface area contributed by atoms with Gasteiger partial charge in [0, 0.05) is 37.3 Å². The lowest BCUT2D eigenvalue weighted by Crippen LogP contribution is -2.28. The summed E-state index contributed by atoms with van der Waals surface area (Å²) in [5.41, 5.74) is 3.72. The quantitative estimate of drug-likeness (QED) is 0.398. The third-order valence-electron chi connectivity index (χ3n) is 5.81. The van der Waals surface area contributed by atoms with E-state index < -0.39 is 10.0 Å². The maximum absolute atomic E-state index is 13.4. The van der Waals surface area contributed by atoms with Crippen LogP contribution in [-0.4, -0.2) is 32.6 Å². The van der Waals surface area contributed by atoms with Gasteiger partial charge in [0.15, 0.2) is 11.5 Å². The normalized spacial score (nSPS) is 13.0. The molecule has 4 rings (SSSR count). The summed E-state index contributed by atoms with van der Waals surface area (Å²) in [7, 11) is -3.70. The molecule has 0 saturated heterocycles. The number of nitrogens with zero attached hydrogens (tertiary/aromatic N) is 2. The second-order valence-electron chi connectivity index (χ2n) is 8.05. The van der Waals surface area contributed by atoms with Crippen molar-refractivity contribution in [3.63, 3.8) is 0 Å². The van der Waals surface area contributed by atoms with Crippen molar-refractivity contribution in [3.05, 3.63) is 94.9 Å². The number of anilines is 1. The van der Waals surface area contributed by atoms with Crippen LogP contribution in [0.25, 0.3) is 6.08 Å². The molecule has 0 atom stereocenters. The number of sulfonamides is 1. The number of benzene rings is 3. The van der Waals surface area contributed by atoms with Crippen molar-refractivity contribution in [2.45, 2.75) is 26.9 Å². The standard InChI is InChI=1S/C27H30N2O4S/c1-3-28(4-2)25-13-10-23(11-14-25)19-29(20-24-12-15-26-27(18-24)33-21-32-26)34(30,31)17-16-22-8-6-5-7-9-22/h5-18H,3-4,19-21H2,1-2H3/b17-16+. The van der Waals surface area contributed by atoms with E-state index in [9.17, 15) is 8.42 Å². The Labute approximate surface area is 202 Å². The van der Waals surface area contributed by atoms with Crippen molar-refractivity contribution >= 4 is 21.8 Å². The summed E-state index contributed by atoms with van der Waals surface area (Å²) in [6.45, 7) is 6.74. The first-order valence-corrected chi connectivity index (χ1v) is 12.9. The average Bonchev–Trinajstić information content (AvgIpc) is 3.33. The number of hydrogen-bond donors (Lipinski definition) is 0. The number of rotatable bonds is 10. The Bertz CT molecular complexity index is 1220. The van der Waals surface area contributed by atoms with Gasteiger partial charge in [0.25, 0.3) is 0 Å². The third-order valence-corrected chi connectivity index (χ3v) is 7.27. The highest BCUT2D eigenvalue weighted by atomic mass is 32.2. The maximum Gasteiger partial charge on any atom is 0.236 e. The van der Waals surface area contributed by atoms with Crippen LogP contribution < -0.4 is 14.4 Å². The zero-order valence-corrected chi connectivity index (χ0v) is 20.4. The minimum atomic E-state index is -3.70. The molecule has 0 spiro atoms. The van der Waals surface area contributed by atoms with E-state index in [1.807, 2.05) is 72.8 Å². The Kier molecular flexibility index (Phi) is 7.55. The maximum atomic E-state index is 13.4. The van der Waals surface area contributed by atoms with Crippen molar-refractivity contribution < 1.29 is 17.9 Å². The van der Waals surface area contributed by atoms with Gasteiger partial charge < -0.3 is 14.4 Å². The molecule has 1 aliphatic rings. The van der Waals surface area contributed by atoms with Crippen molar-refractivity contribution in [1.82, 2.24) is 4.31 Å². The van der Waals surface area contributed by atoms with Gasteiger partial charge in [-0.2, -0.15) is 4.31 Å². The van der Waals surface area contributed by atoms with Gasteiger partial charge in [0.1, 0.15) is 0 Å². The molecule has 0 unspecified atom stereocenters. The summed E-state index contributed by atoms with van der Waals surface area (Å²) in [6, 6.07) is 23.0. The highest BCUT2D eigenvalue weighted by molar-refractivity contribution is 7.92. The first-order chi connectivity index (χ1) is 16.5. The van der Waals surface area contributed by atoms with Gasteiger partial charge in [-0.3, -0.25) is 0 Å². The molecule has 6 nitrogen and oxygen atoms in total. The Morgan fingerprint density at radius 3 is 2.18 bits per heavy atom. The van der Waals surface area contributed by atoms with E-state index >= 15 is 0 Å². The highest BCUT2D eigenvalue weighted by Gasteiger charge is 2.22. The monoisotopic (exact) mass is 478 g/mol. The van der Waals surface area contributed by atoms with Gasteiger partial charge in [-0.25, -0.2) is 8.42 Å². The number of ether oxygens (including phenoxy) is 2. The fraction of sp³-hybridized carbons (Fsp3) is 0.259. The molecule has 0 bridgehead atoms. The molecule has 34 heavy (non-hydrogen) atoms. The van der Waals surface area contributed by atoms with Crippen LogP contribution >= 0.6 is 0 Å². The molecular formula is C27H30N2O4S. The third kappa shape index (κ3) is 5.79. The molecule has 3 aromatic rings. The zero-order valence-electron chi connectivity index (χ0n) is 19.6. The molecule has 0 N–H and O–H groups in total. The second-order valence-corrected chi connectivity index (χ2v) is 9.87. The molecule has 7 heteroatoms. The molecule has 1 heterocycles. The van der Waals surface area contributed by atoms with Crippen molar-refractivity contribution in [2.75, 3.05) is 24.8 Å². The molecule has 0 fully saturated rings. The summed E-state index contributed by atoms with van der Waals surface area (Å²) in [5, 5.41) is 1.28. The molecular weight excluding hydrogens is 448 g/mol. The van der Waals surface area contributed by atoms with Crippen LogP contribution in [0.3, 0.4) is 0 Å². The van der Waals surface area contributed by atoms with Gasteiger partial charge in [0.05, 0.1) is 0 Å². The van der Waals surface area contributed by atoms with Crippen LogP contribution in [0, 0.1) is 0 Å². The zero-order chi connectivity index (χ0) is 24.0. The Balaban J connectivity index is 1.60. The van der Waals surface area contributed by atoms with E-state index in [1.54, 1.807) is 6.08 Å². The number of hydrogen-bond acceptors (Lipinski definition) is 5. The van der Waals surface area contributed by atoms with Gasteiger partial charge in [-0.05, 0) is 60.9 Å². The smallest absolute Gasteiger partial charge is 0.236 e. The fourth-order valence-electron chi connectivity index (χ4n) is 3.90. The molecule has 1 aliphatic heterocycles. The van der Waals surface area contributed by atoms with Crippen LogP contribution in [0.2, 0.25) is 0 Å². The van der Waals surface area contributed by atoms with Crippen LogP contribution in [0.15, 0.2) is 78.2 Å². The van der Waals surface area contributed by atoms with E-state index in [1.165, 1.54) is 9.71 Å². The predicted molar refractivity (Wildman–Crippen MR) is 136 cm³/mol. The summed E-state index contributed by atoms with van der Waals surface area (Å²) < 4.78 is 39.1. The van der Waals surface area contributed by atoms with Gasteiger partial charge in [-0.1, -0.05) is 48.5 Å². The summed E-state index contributed by atoms with van der Waals surface area (Å²) >= 11 is 0. The summed E-state index contributed by atoms with van der Waals surface area (Å²) in [5.74, 6) is 1.31. The van der Waals surface area contributed by atoms with E-state index in [0.29, 0.717) is 11.5 Å². The first-order valence-electron chi connectivity index (χ1n) is 11.4. The van der Waals surface area contributed by atoms with E-state index in [4.69, 9.17) is 9.47 Å². The predicted octanol–water partition coefficient (Wildman–Crippen LogP) is 5.26. The van der Waals surface area contributed by atoms with Crippen molar-refractivity contribution in [1.29, 1.82) is 0 Å². The number of fused-ring (bicyclic) bond motifs is 1. The van der Waals surface area contributed by atoms with Crippen LogP contribution in [0.1, 0.15) is 30.5 Å². The Hall–Kier alpha value is -3.29. The first kappa shape index (κ1) is 23.9. The lowest BCUT2D eigenvalue weighted by Gasteiger charge is -2.23. The summed E-state index contributed by atoms with van der Waals surface area (Å²) in [4.78, 5) is 2.26. The van der Waals surface area contributed by atoms with E-state index in [0.717, 1.165) is 35.5 Å². The molecule has 0 saturated carbocycles. The summed E-state index contributed by atoms with van der Waals surface area (Å²) in [6.07, 6.45) is 1.63. The minimum absolute atomic E-state index is 0.180. The molecule has 178 valence electrons. The van der Waals surface area contributed by atoms with Gasteiger partial charge in [0.2, 0.25) is 16.8 Å². The minimum Gasteiger partial charge on any atom is -0.454 e. The lowest BCUT2D eigenvalue weighted by atomic mass is 10.1. The van der Waals surface area contributed by atoms with Crippen molar-refractivity contribution in [3.8, 4) is 11.5 Å². The molecule has 0 radical (unpaired) electrons. The fourth-order valence-corrected chi connectivity index (χ4v) is 5.06. The highest BCUT2D eigenvalue weighted by Crippen LogP contribution is 2.33. The average molecular weight is 479 g/mol. The van der Waals surface area contributed by atoms with E-state index in [2.05, 4.69) is 18.7 Å².